The van der Waals surface area contributed by atoms with E-state index in [2.05, 4.69) is 27.2 Å². The van der Waals surface area contributed by atoms with Crippen molar-refractivity contribution in [3.63, 3.8) is 0 Å². The van der Waals surface area contributed by atoms with Crippen molar-refractivity contribution in [2.24, 2.45) is 5.92 Å². The lowest BCUT2D eigenvalue weighted by Crippen LogP contribution is -2.53. The Balaban J connectivity index is 1.47. The van der Waals surface area contributed by atoms with Crippen molar-refractivity contribution in [2.45, 2.75) is 31.5 Å². The maximum absolute atomic E-state index is 15.7. The lowest BCUT2D eigenvalue weighted by Gasteiger charge is -2.50. The molecule has 0 aliphatic carbocycles. The van der Waals surface area contributed by atoms with Crippen molar-refractivity contribution in [1.82, 2.24) is 15.1 Å². The molecule has 1 aromatic heterocycles. The molecule has 0 spiro atoms. The Bertz CT molecular complexity index is 1510. The zero-order valence-electron chi connectivity index (χ0n) is 21.0. The first-order valence-corrected chi connectivity index (χ1v) is 12.3. The summed E-state index contributed by atoms with van der Waals surface area (Å²) in [5.41, 5.74) is 2.34. The van der Waals surface area contributed by atoms with Gasteiger partial charge in [0.25, 0.3) is 0 Å². The highest BCUT2D eigenvalue weighted by molar-refractivity contribution is 5.55. The summed E-state index contributed by atoms with van der Waals surface area (Å²) in [6.07, 6.45) is 1.17. The van der Waals surface area contributed by atoms with Crippen LogP contribution >= 0.6 is 0 Å². The molecule has 2 atom stereocenters. The predicted molar refractivity (Wildman–Crippen MR) is 137 cm³/mol. The molecule has 1 fully saturated rings. The van der Waals surface area contributed by atoms with Crippen molar-refractivity contribution in [2.75, 3.05) is 13.1 Å². The normalized spacial score (nSPS) is 15.7. The Morgan fingerprint density at radius 2 is 1.68 bits per heavy atom. The van der Waals surface area contributed by atoms with Gasteiger partial charge in [-0.25, -0.2) is 8.78 Å². The summed E-state index contributed by atoms with van der Waals surface area (Å²) in [6.45, 7) is 4.16. The van der Waals surface area contributed by atoms with Crippen LogP contribution in [0.1, 0.15) is 53.6 Å². The maximum Gasteiger partial charge on any atom is 0.247 e. The second kappa shape index (κ2) is 10.2. The van der Waals surface area contributed by atoms with Crippen LogP contribution in [0.5, 0.6) is 0 Å². The minimum absolute atomic E-state index is 0.0904. The molecular formula is C30H25F2N5O. The molecule has 0 N–H and O–H groups in total. The molecule has 1 aliphatic rings. The van der Waals surface area contributed by atoms with Gasteiger partial charge >= 0.3 is 0 Å². The fraction of sp³-hybridized carbons (Fsp3) is 0.267. The minimum atomic E-state index is -1.62. The second-order valence-corrected chi connectivity index (χ2v) is 10.1. The fourth-order valence-corrected chi connectivity index (χ4v) is 5.55. The van der Waals surface area contributed by atoms with Crippen LogP contribution in [0, 0.1) is 34.4 Å². The van der Waals surface area contributed by atoms with Crippen LogP contribution in [0.2, 0.25) is 0 Å². The maximum atomic E-state index is 15.7. The quantitative estimate of drug-likeness (QED) is 0.296. The van der Waals surface area contributed by atoms with Gasteiger partial charge in [-0.2, -0.15) is 10.5 Å². The highest BCUT2D eigenvalue weighted by Gasteiger charge is 2.45. The molecule has 4 aromatic rings. The van der Waals surface area contributed by atoms with Crippen LogP contribution < -0.4 is 0 Å². The number of benzene rings is 3. The third-order valence-electron chi connectivity index (χ3n) is 7.09. The molecule has 1 unspecified atom stereocenters. The smallest absolute Gasteiger partial charge is 0.247 e. The van der Waals surface area contributed by atoms with Crippen molar-refractivity contribution in [3.05, 3.63) is 107 Å². The molecule has 190 valence electrons. The number of halogens is 2. The zero-order chi connectivity index (χ0) is 26.9. The lowest BCUT2D eigenvalue weighted by atomic mass is 9.72. The predicted octanol–water partition coefficient (Wildman–Crippen LogP) is 6.17. The summed E-state index contributed by atoms with van der Waals surface area (Å²) in [5, 5.41) is 26.2. The first kappa shape index (κ1) is 25.3. The number of alkyl halides is 1. The van der Waals surface area contributed by atoms with Crippen molar-refractivity contribution in [3.8, 4) is 23.6 Å². The number of hydrogen-bond acceptors (Lipinski definition) is 6. The molecule has 0 radical (unpaired) electrons. The van der Waals surface area contributed by atoms with E-state index >= 15 is 4.39 Å². The van der Waals surface area contributed by atoms with Crippen molar-refractivity contribution >= 4 is 0 Å². The van der Waals surface area contributed by atoms with Gasteiger partial charge in [0, 0.05) is 24.6 Å². The highest BCUT2D eigenvalue weighted by Crippen LogP contribution is 2.46. The first-order valence-electron chi connectivity index (χ1n) is 12.3. The topological polar surface area (TPSA) is 89.7 Å². The molecule has 6 nitrogen and oxygen atoms in total. The average molecular weight is 510 g/mol. The molecule has 5 rings (SSSR count). The summed E-state index contributed by atoms with van der Waals surface area (Å²) in [4.78, 5) is 2.22. The van der Waals surface area contributed by atoms with Crippen LogP contribution in [0.4, 0.5) is 8.78 Å². The Labute approximate surface area is 219 Å². The van der Waals surface area contributed by atoms with E-state index < -0.39 is 17.4 Å². The van der Waals surface area contributed by atoms with E-state index in [9.17, 15) is 14.9 Å². The molecular weight excluding hydrogens is 484 g/mol. The van der Waals surface area contributed by atoms with E-state index in [1.54, 1.807) is 24.3 Å². The van der Waals surface area contributed by atoms with Gasteiger partial charge in [0.05, 0.1) is 29.3 Å². The Kier molecular flexibility index (Phi) is 6.75. The van der Waals surface area contributed by atoms with Crippen LogP contribution in [0.15, 0.2) is 77.5 Å². The third kappa shape index (κ3) is 5.04. The third-order valence-corrected chi connectivity index (χ3v) is 7.09. The molecule has 8 heteroatoms. The minimum Gasteiger partial charge on any atom is -0.423 e. The average Bonchev–Trinajstić information content (AvgIpc) is 3.42. The summed E-state index contributed by atoms with van der Waals surface area (Å²) in [5.74, 6) is -0.991. The van der Waals surface area contributed by atoms with Crippen molar-refractivity contribution < 1.29 is 13.2 Å². The molecule has 2 heterocycles. The Morgan fingerprint density at radius 1 is 0.947 bits per heavy atom. The summed E-state index contributed by atoms with van der Waals surface area (Å²) >= 11 is 0. The van der Waals surface area contributed by atoms with Crippen LogP contribution in [0.3, 0.4) is 0 Å². The molecule has 1 saturated heterocycles. The Hall–Kier alpha value is -4.40. The number of likely N-dealkylation sites (tertiary alicyclic amines) is 1. The molecule has 0 amide bonds. The summed E-state index contributed by atoms with van der Waals surface area (Å²) < 4.78 is 35.6. The van der Waals surface area contributed by atoms with E-state index in [-0.39, 0.29) is 17.9 Å². The van der Waals surface area contributed by atoms with E-state index in [4.69, 9.17) is 4.42 Å². The highest BCUT2D eigenvalue weighted by atomic mass is 19.1. The van der Waals surface area contributed by atoms with Crippen LogP contribution in [-0.4, -0.2) is 33.9 Å². The second-order valence-electron chi connectivity index (χ2n) is 10.1. The van der Waals surface area contributed by atoms with Crippen LogP contribution in [0.25, 0.3) is 11.5 Å². The molecule has 0 bridgehead atoms. The largest absolute Gasteiger partial charge is 0.423 e. The van der Waals surface area contributed by atoms with Gasteiger partial charge in [-0.3, -0.25) is 4.90 Å². The molecule has 3 aromatic carbocycles. The summed E-state index contributed by atoms with van der Waals surface area (Å²) in [7, 11) is 0. The molecule has 0 saturated carbocycles. The number of nitrogens with zero attached hydrogens (tertiary/aromatic N) is 5. The van der Waals surface area contributed by atoms with Crippen LogP contribution in [-0.2, 0) is 0 Å². The standard InChI is InChI=1S/C30H25F2N5O/c1-30(2,32)27(23-11-24(13-26(31)12-23)29-36-35-18-38-29)25-16-37(17-25)28(21-8-6-19(14-33)7-9-21)22-5-3-4-20(10-22)15-34/h3-13,18,25,27-28H,16-17H2,1-2H3/t27-,28?/m1/s1. The van der Waals surface area contributed by atoms with Gasteiger partial charge in [-0.05, 0) is 78.9 Å². The van der Waals surface area contributed by atoms with Gasteiger partial charge in [-0.1, -0.05) is 24.3 Å². The van der Waals surface area contributed by atoms with E-state index in [0.29, 0.717) is 35.3 Å². The Morgan fingerprint density at radius 3 is 2.32 bits per heavy atom. The van der Waals surface area contributed by atoms with Gasteiger partial charge in [-0.15, -0.1) is 10.2 Å². The van der Waals surface area contributed by atoms with Gasteiger partial charge < -0.3 is 4.42 Å². The SMILES string of the molecule is CC(C)(F)[C@H](c1cc(F)cc(-c2nnco2)c1)C1CN(C(c2ccc(C#N)cc2)c2cccc(C#N)c2)C1. The number of aromatic nitrogens is 2. The molecule has 1 aliphatic heterocycles. The van der Waals surface area contributed by atoms with Gasteiger partial charge in [0.15, 0.2) is 0 Å². The number of nitriles is 2. The number of hydrogen-bond donors (Lipinski definition) is 0. The van der Waals surface area contributed by atoms with Gasteiger partial charge in [0.2, 0.25) is 12.3 Å². The monoisotopic (exact) mass is 509 g/mol. The van der Waals surface area contributed by atoms with Crippen molar-refractivity contribution in [1.29, 1.82) is 10.5 Å². The fourth-order valence-electron chi connectivity index (χ4n) is 5.55. The number of rotatable bonds is 7. The zero-order valence-corrected chi connectivity index (χ0v) is 21.0. The summed E-state index contributed by atoms with van der Waals surface area (Å²) in [6, 6.07) is 23.3. The van der Waals surface area contributed by atoms with E-state index in [1.165, 1.54) is 32.4 Å². The first-order chi connectivity index (χ1) is 18.3. The lowest BCUT2D eigenvalue weighted by molar-refractivity contribution is 0.00814. The van der Waals surface area contributed by atoms with E-state index in [1.807, 2.05) is 30.3 Å². The van der Waals surface area contributed by atoms with Gasteiger partial charge in [0.1, 0.15) is 11.5 Å². The molecule has 38 heavy (non-hydrogen) atoms. The van der Waals surface area contributed by atoms with E-state index in [0.717, 1.165) is 11.1 Å².